The molecule has 0 aliphatic carbocycles. The molecule has 0 saturated carbocycles. The Labute approximate surface area is 183 Å². The van der Waals surface area contributed by atoms with E-state index in [0.29, 0.717) is 0 Å². The van der Waals surface area contributed by atoms with Crippen LogP contribution in [0.5, 0.6) is 0 Å². The molecule has 0 radical (unpaired) electrons. The summed E-state index contributed by atoms with van der Waals surface area (Å²) in [5.74, 6) is 0. The van der Waals surface area contributed by atoms with Crippen LogP contribution in [-0.4, -0.2) is 48.0 Å². The van der Waals surface area contributed by atoms with Crippen molar-refractivity contribution in [1.29, 1.82) is 0 Å². The van der Waals surface area contributed by atoms with Crippen LogP contribution in [0.4, 0.5) is 0 Å². The predicted octanol–water partition coefficient (Wildman–Crippen LogP) is 2.93. The lowest BCUT2D eigenvalue weighted by atomic mass is 10.1. The maximum atomic E-state index is 12.9. The topological polar surface area (TPSA) is 105 Å². The summed E-state index contributed by atoms with van der Waals surface area (Å²) in [5.41, 5.74) is 1.77. The molecule has 0 unspecified atom stereocenters. The molecule has 2 aromatic rings. The van der Waals surface area contributed by atoms with Crippen LogP contribution in [0.3, 0.4) is 0 Å². The van der Waals surface area contributed by atoms with Crippen LogP contribution in [0.2, 0.25) is 0 Å². The molecule has 170 valence electrons. The first kappa shape index (κ1) is 23.8. The van der Waals surface area contributed by atoms with Gasteiger partial charge in [0.1, 0.15) is 19.0 Å². The maximum absolute atomic E-state index is 12.9. The molecular formula is C21H26O8S2. The van der Waals surface area contributed by atoms with Gasteiger partial charge in [0.2, 0.25) is 0 Å². The fourth-order valence-corrected chi connectivity index (χ4v) is 5.34. The number of hydrogen-bond donors (Lipinski definition) is 0. The number of ether oxygens (including phenoxy) is 2. The molecule has 1 aliphatic heterocycles. The third-order valence-electron chi connectivity index (χ3n) is 5.01. The minimum absolute atomic E-state index is 0.0525. The van der Waals surface area contributed by atoms with E-state index in [0.717, 1.165) is 11.1 Å². The van der Waals surface area contributed by atoms with Crippen LogP contribution in [0.1, 0.15) is 25.0 Å². The molecule has 1 heterocycles. The summed E-state index contributed by atoms with van der Waals surface area (Å²) in [6.07, 6.45) is -4.15. The molecule has 8 nitrogen and oxygen atoms in total. The minimum Gasteiger partial charge on any atom is -0.350 e. The van der Waals surface area contributed by atoms with E-state index in [1.54, 1.807) is 38.1 Å². The van der Waals surface area contributed by atoms with Gasteiger partial charge in [-0.15, -0.1) is 0 Å². The Morgan fingerprint density at radius 2 is 1.00 bits per heavy atom. The van der Waals surface area contributed by atoms with Crippen molar-refractivity contribution >= 4 is 20.2 Å². The van der Waals surface area contributed by atoms with E-state index in [1.807, 2.05) is 13.8 Å². The summed E-state index contributed by atoms with van der Waals surface area (Å²) >= 11 is 0. The van der Waals surface area contributed by atoms with Gasteiger partial charge in [0.05, 0.1) is 22.0 Å². The minimum atomic E-state index is -4.22. The number of rotatable bonds is 6. The molecule has 4 atom stereocenters. The monoisotopic (exact) mass is 470 g/mol. The molecule has 3 rings (SSSR count). The molecule has 1 saturated heterocycles. The van der Waals surface area contributed by atoms with E-state index in [4.69, 9.17) is 17.8 Å². The molecule has 0 amide bonds. The fraction of sp³-hybridized carbons (Fsp3) is 0.429. The zero-order chi connectivity index (χ0) is 22.8. The van der Waals surface area contributed by atoms with Crippen LogP contribution in [0.15, 0.2) is 58.3 Å². The lowest BCUT2D eigenvalue weighted by Gasteiger charge is -2.29. The molecule has 0 aromatic heterocycles. The first-order valence-electron chi connectivity index (χ1n) is 9.73. The van der Waals surface area contributed by atoms with Gasteiger partial charge in [0.25, 0.3) is 20.2 Å². The maximum Gasteiger partial charge on any atom is 0.297 e. The van der Waals surface area contributed by atoms with Gasteiger partial charge in [0.15, 0.2) is 0 Å². The highest BCUT2D eigenvalue weighted by atomic mass is 32.2. The lowest BCUT2D eigenvalue weighted by Crippen LogP contribution is -2.46. The summed E-state index contributed by atoms with van der Waals surface area (Å²) < 4.78 is 73.3. The second-order valence-corrected chi connectivity index (χ2v) is 10.7. The van der Waals surface area contributed by atoms with E-state index in [-0.39, 0.29) is 16.6 Å². The largest absolute Gasteiger partial charge is 0.350 e. The van der Waals surface area contributed by atoms with Crippen molar-refractivity contribution in [3.05, 3.63) is 59.7 Å². The van der Waals surface area contributed by atoms with E-state index < -0.39 is 44.7 Å². The SMILES string of the molecule is Cc1ccc(S(=O)(=O)O[C@@H]2[C@@H](OS(=O)(=O)c3ccc(C)cc3)[C@H](C)OCO[C@H]2C)cc1. The van der Waals surface area contributed by atoms with Crippen LogP contribution >= 0.6 is 0 Å². The van der Waals surface area contributed by atoms with Gasteiger partial charge in [-0.1, -0.05) is 35.4 Å². The third kappa shape index (κ3) is 5.71. The number of benzene rings is 2. The summed E-state index contributed by atoms with van der Waals surface area (Å²) in [6.45, 7) is 6.66. The standard InChI is InChI=1S/C21H26O8S2/c1-14-5-9-18(10-6-14)30(22,23)28-20-16(3)26-13-27-17(4)21(20)29-31(24,25)19-11-7-15(2)8-12-19/h5-12,16-17,20-21H,13H2,1-4H3/t16-,17-,20-,21-/m0/s1. The fourth-order valence-electron chi connectivity index (χ4n) is 3.06. The van der Waals surface area contributed by atoms with Gasteiger partial charge in [-0.3, -0.25) is 8.37 Å². The van der Waals surface area contributed by atoms with E-state index in [2.05, 4.69) is 0 Å². The van der Waals surface area contributed by atoms with E-state index in [9.17, 15) is 16.8 Å². The van der Waals surface area contributed by atoms with Crippen LogP contribution in [0, 0.1) is 13.8 Å². The summed E-state index contributed by atoms with van der Waals surface area (Å²) in [7, 11) is -8.44. The Kier molecular flexibility index (Phi) is 7.19. The zero-order valence-corrected chi connectivity index (χ0v) is 19.4. The van der Waals surface area contributed by atoms with Crippen molar-refractivity contribution in [2.75, 3.05) is 6.79 Å². The van der Waals surface area contributed by atoms with Gasteiger partial charge >= 0.3 is 0 Å². The number of hydrogen-bond acceptors (Lipinski definition) is 8. The highest BCUT2D eigenvalue weighted by Crippen LogP contribution is 2.28. The average molecular weight is 471 g/mol. The van der Waals surface area contributed by atoms with E-state index in [1.165, 1.54) is 24.3 Å². The third-order valence-corrected chi connectivity index (χ3v) is 7.66. The quantitative estimate of drug-likeness (QED) is 0.594. The molecular weight excluding hydrogens is 444 g/mol. The smallest absolute Gasteiger partial charge is 0.297 e. The van der Waals surface area contributed by atoms with Crippen molar-refractivity contribution in [1.82, 2.24) is 0 Å². The normalized spacial score (nSPS) is 25.2. The van der Waals surface area contributed by atoms with Crippen LogP contribution in [0.25, 0.3) is 0 Å². The van der Waals surface area contributed by atoms with Crippen molar-refractivity contribution in [3.63, 3.8) is 0 Å². The molecule has 31 heavy (non-hydrogen) atoms. The first-order chi connectivity index (χ1) is 14.5. The van der Waals surface area contributed by atoms with Crippen LogP contribution < -0.4 is 0 Å². The molecule has 0 spiro atoms. The van der Waals surface area contributed by atoms with E-state index >= 15 is 0 Å². The Balaban J connectivity index is 1.93. The highest BCUT2D eigenvalue weighted by Gasteiger charge is 2.43. The predicted molar refractivity (Wildman–Crippen MR) is 112 cm³/mol. The van der Waals surface area contributed by atoms with Crippen molar-refractivity contribution in [3.8, 4) is 0 Å². The van der Waals surface area contributed by atoms with Gasteiger partial charge in [0, 0.05) is 0 Å². The zero-order valence-electron chi connectivity index (χ0n) is 17.7. The lowest BCUT2D eigenvalue weighted by molar-refractivity contribution is -0.0948. The van der Waals surface area contributed by atoms with Crippen molar-refractivity contribution < 1.29 is 34.7 Å². The Hall–Kier alpha value is -1.82. The molecule has 0 bridgehead atoms. The number of aryl methyl sites for hydroxylation is 2. The second kappa shape index (κ2) is 9.35. The Bertz CT molecular complexity index is 1000. The molecule has 10 heteroatoms. The van der Waals surface area contributed by atoms with Gasteiger partial charge < -0.3 is 9.47 Å². The van der Waals surface area contributed by atoms with Gasteiger partial charge in [-0.05, 0) is 52.0 Å². The first-order valence-corrected chi connectivity index (χ1v) is 12.5. The summed E-state index contributed by atoms with van der Waals surface area (Å²) in [4.78, 5) is -0.105. The van der Waals surface area contributed by atoms with Gasteiger partial charge in [-0.2, -0.15) is 16.8 Å². The average Bonchev–Trinajstić information content (AvgIpc) is 2.82. The molecule has 0 N–H and O–H groups in total. The Morgan fingerprint density at radius 1 is 0.677 bits per heavy atom. The summed E-state index contributed by atoms with van der Waals surface area (Å²) in [6, 6.07) is 12.3. The Morgan fingerprint density at radius 3 is 1.32 bits per heavy atom. The highest BCUT2D eigenvalue weighted by molar-refractivity contribution is 7.87. The van der Waals surface area contributed by atoms with Gasteiger partial charge in [-0.25, -0.2) is 0 Å². The molecule has 1 fully saturated rings. The van der Waals surface area contributed by atoms with Crippen LogP contribution in [-0.2, 0) is 38.1 Å². The molecule has 1 aliphatic rings. The second-order valence-electron chi connectivity index (χ2n) is 7.52. The summed E-state index contributed by atoms with van der Waals surface area (Å²) in [5, 5.41) is 0. The van der Waals surface area contributed by atoms with Crippen molar-refractivity contribution in [2.24, 2.45) is 0 Å². The molecule has 2 aromatic carbocycles. The van der Waals surface area contributed by atoms with Crippen molar-refractivity contribution in [2.45, 2.75) is 61.9 Å².